The van der Waals surface area contributed by atoms with Crippen LogP contribution >= 0.6 is 11.8 Å². The van der Waals surface area contributed by atoms with Crippen molar-refractivity contribution in [1.29, 1.82) is 0 Å². The third kappa shape index (κ3) is 5.62. The Labute approximate surface area is 168 Å². The van der Waals surface area contributed by atoms with E-state index in [2.05, 4.69) is 32.5 Å². The Morgan fingerprint density at radius 3 is 2.71 bits per heavy atom. The van der Waals surface area contributed by atoms with Crippen molar-refractivity contribution < 1.29 is 9.53 Å². The van der Waals surface area contributed by atoms with Crippen molar-refractivity contribution >= 4 is 29.0 Å². The van der Waals surface area contributed by atoms with Crippen molar-refractivity contribution in [3.8, 4) is 0 Å². The molecule has 2 aromatic rings. The van der Waals surface area contributed by atoms with Crippen LogP contribution in [0, 0.1) is 0 Å². The van der Waals surface area contributed by atoms with Gasteiger partial charge in [0.15, 0.2) is 5.16 Å². The molecule has 1 aliphatic rings. The number of amides is 1. The second-order valence-electron chi connectivity index (χ2n) is 6.74. The number of piperidine rings is 1. The van der Waals surface area contributed by atoms with Crippen LogP contribution in [0.25, 0.3) is 0 Å². The van der Waals surface area contributed by atoms with Gasteiger partial charge in [-0.25, -0.2) is 9.89 Å². The van der Waals surface area contributed by atoms with E-state index in [1.807, 2.05) is 12.1 Å². The van der Waals surface area contributed by atoms with Gasteiger partial charge in [0.05, 0.1) is 5.75 Å². The molecule has 1 saturated heterocycles. The number of aromatic nitrogens is 3. The first-order valence-electron chi connectivity index (χ1n) is 9.59. The Bertz CT molecular complexity index is 812. The van der Waals surface area contributed by atoms with E-state index in [-0.39, 0.29) is 17.3 Å². The first-order valence-corrected chi connectivity index (χ1v) is 10.6. The second-order valence-corrected chi connectivity index (χ2v) is 7.68. The molecule has 1 amide bonds. The largest absolute Gasteiger partial charge is 0.385 e. The molecule has 0 atom stereocenters. The Balaban J connectivity index is 1.50. The van der Waals surface area contributed by atoms with Gasteiger partial charge in [-0.05, 0) is 49.9 Å². The molecule has 3 rings (SSSR count). The average Bonchev–Trinajstić information content (AvgIpc) is 3.07. The van der Waals surface area contributed by atoms with Gasteiger partial charge in [-0.2, -0.15) is 0 Å². The van der Waals surface area contributed by atoms with Crippen LogP contribution in [0.15, 0.2) is 34.2 Å². The van der Waals surface area contributed by atoms with Crippen molar-refractivity contribution in [2.24, 2.45) is 0 Å². The third-order valence-electron chi connectivity index (χ3n) is 4.66. The fraction of sp³-hybridized carbons (Fsp3) is 0.526. The number of nitrogens with one attached hydrogen (secondary N) is 2. The van der Waals surface area contributed by atoms with E-state index in [1.165, 1.54) is 41.3 Å². The monoisotopic (exact) mass is 405 g/mol. The van der Waals surface area contributed by atoms with Crippen LogP contribution in [-0.4, -0.2) is 53.2 Å². The number of rotatable bonds is 9. The summed E-state index contributed by atoms with van der Waals surface area (Å²) in [4.78, 5) is 26.5. The van der Waals surface area contributed by atoms with Gasteiger partial charge in [0.2, 0.25) is 5.91 Å². The zero-order chi connectivity index (χ0) is 19.8. The lowest BCUT2D eigenvalue weighted by atomic mass is 10.1. The van der Waals surface area contributed by atoms with Crippen molar-refractivity contribution in [1.82, 2.24) is 14.8 Å². The van der Waals surface area contributed by atoms with E-state index in [1.54, 1.807) is 7.11 Å². The Morgan fingerprint density at radius 2 is 2.00 bits per heavy atom. The van der Waals surface area contributed by atoms with Crippen LogP contribution in [0.5, 0.6) is 0 Å². The number of carbonyl (C=O) groups is 1. The number of aromatic amines is 1. The van der Waals surface area contributed by atoms with Crippen molar-refractivity contribution in [3.05, 3.63) is 34.7 Å². The molecule has 8 nitrogen and oxygen atoms in total. The summed E-state index contributed by atoms with van der Waals surface area (Å²) in [7, 11) is 1.62. The number of thioether (sulfide) groups is 1. The minimum Gasteiger partial charge on any atom is -0.385 e. The first kappa shape index (κ1) is 20.5. The number of carbonyl (C=O) groups excluding carboxylic acids is 1. The van der Waals surface area contributed by atoms with Crippen LogP contribution < -0.4 is 15.9 Å². The lowest BCUT2D eigenvalue weighted by Crippen LogP contribution is -2.29. The Morgan fingerprint density at radius 1 is 1.25 bits per heavy atom. The molecule has 2 N–H and O–H groups in total. The van der Waals surface area contributed by atoms with Gasteiger partial charge >= 0.3 is 5.69 Å². The maximum atomic E-state index is 12.3. The predicted molar refractivity (Wildman–Crippen MR) is 111 cm³/mol. The van der Waals surface area contributed by atoms with Crippen molar-refractivity contribution in [2.75, 3.05) is 42.8 Å². The van der Waals surface area contributed by atoms with Crippen LogP contribution in [0.3, 0.4) is 0 Å². The molecule has 0 bridgehead atoms. The minimum absolute atomic E-state index is 0.130. The summed E-state index contributed by atoms with van der Waals surface area (Å²) < 4.78 is 6.54. The standard InChI is InChI=1S/C19H27N5O3S/c1-27-13-5-12-24-18(26)21-22-19(24)28-14-17(25)20-15-6-8-16(9-7-15)23-10-3-2-4-11-23/h6-9H,2-5,10-14H2,1H3,(H,20,25)(H,21,26). The maximum Gasteiger partial charge on any atom is 0.343 e. The highest BCUT2D eigenvalue weighted by molar-refractivity contribution is 7.99. The number of anilines is 2. The number of hydrogen-bond donors (Lipinski definition) is 2. The Hall–Kier alpha value is -2.26. The lowest BCUT2D eigenvalue weighted by molar-refractivity contribution is -0.113. The average molecular weight is 406 g/mol. The zero-order valence-electron chi connectivity index (χ0n) is 16.1. The quantitative estimate of drug-likeness (QED) is 0.491. The highest BCUT2D eigenvalue weighted by Crippen LogP contribution is 2.22. The maximum absolute atomic E-state index is 12.3. The van der Waals surface area contributed by atoms with E-state index in [0.717, 1.165) is 18.8 Å². The molecule has 0 spiro atoms. The third-order valence-corrected chi connectivity index (χ3v) is 5.63. The number of methoxy groups -OCH3 is 1. The molecule has 1 fully saturated rings. The van der Waals surface area contributed by atoms with Crippen LogP contribution in [0.4, 0.5) is 11.4 Å². The Kier molecular flexibility index (Phi) is 7.55. The SMILES string of the molecule is COCCCn1c(SCC(=O)Nc2ccc(N3CCCCC3)cc2)n[nH]c1=O. The van der Waals surface area contributed by atoms with E-state index in [9.17, 15) is 9.59 Å². The first-order chi connectivity index (χ1) is 13.7. The van der Waals surface area contributed by atoms with E-state index in [0.29, 0.717) is 24.7 Å². The molecule has 0 aliphatic carbocycles. The van der Waals surface area contributed by atoms with Gasteiger partial charge in [0.1, 0.15) is 0 Å². The van der Waals surface area contributed by atoms with Gasteiger partial charge in [0, 0.05) is 44.7 Å². The summed E-state index contributed by atoms with van der Waals surface area (Å²) in [5, 5.41) is 9.84. The lowest BCUT2D eigenvalue weighted by Gasteiger charge is -2.28. The summed E-state index contributed by atoms with van der Waals surface area (Å²) >= 11 is 1.24. The predicted octanol–water partition coefficient (Wildman–Crippen LogP) is 2.33. The molecule has 0 unspecified atom stereocenters. The van der Waals surface area contributed by atoms with Crippen LogP contribution in [0.1, 0.15) is 25.7 Å². The number of hydrogen-bond acceptors (Lipinski definition) is 6. The van der Waals surface area contributed by atoms with E-state index < -0.39 is 0 Å². The minimum atomic E-state index is -0.271. The number of ether oxygens (including phenoxy) is 1. The van der Waals surface area contributed by atoms with Gasteiger partial charge in [-0.3, -0.25) is 9.36 Å². The second kappa shape index (κ2) is 10.3. The zero-order valence-corrected chi connectivity index (χ0v) is 17.0. The van der Waals surface area contributed by atoms with Gasteiger partial charge < -0.3 is 15.0 Å². The molecular formula is C19H27N5O3S. The van der Waals surface area contributed by atoms with Gasteiger partial charge in [-0.1, -0.05) is 11.8 Å². The van der Waals surface area contributed by atoms with E-state index >= 15 is 0 Å². The van der Waals surface area contributed by atoms with Gasteiger partial charge in [-0.15, -0.1) is 5.10 Å². The molecule has 1 aromatic carbocycles. The molecule has 1 aromatic heterocycles. The normalized spacial score (nSPS) is 14.2. The highest BCUT2D eigenvalue weighted by atomic mass is 32.2. The van der Waals surface area contributed by atoms with E-state index in [4.69, 9.17) is 4.74 Å². The molecule has 0 saturated carbocycles. The molecule has 28 heavy (non-hydrogen) atoms. The topological polar surface area (TPSA) is 92.2 Å². The molecule has 0 radical (unpaired) electrons. The smallest absolute Gasteiger partial charge is 0.343 e. The summed E-state index contributed by atoms with van der Waals surface area (Å²) in [6.07, 6.45) is 4.48. The summed E-state index contributed by atoms with van der Waals surface area (Å²) in [5.41, 5.74) is 1.70. The fourth-order valence-corrected chi connectivity index (χ4v) is 3.99. The number of benzene rings is 1. The number of H-pyrrole nitrogens is 1. The molecule has 1 aliphatic heterocycles. The van der Waals surface area contributed by atoms with Crippen molar-refractivity contribution in [2.45, 2.75) is 37.4 Å². The molecule has 152 valence electrons. The van der Waals surface area contributed by atoms with Crippen LogP contribution in [0.2, 0.25) is 0 Å². The molecule has 2 heterocycles. The summed E-state index contributed by atoms with van der Waals surface area (Å²) in [5.74, 6) is 0.0530. The fourth-order valence-electron chi connectivity index (χ4n) is 3.21. The summed E-state index contributed by atoms with van der Waals surface area (Å²) in [6, 6.07) is 7.97. The van der Waals surface area contributed by atoms with Crippen molar-refractivity contribution in [3.63, 3.8) is 0 Å². The summed E-state index contributed by atoms with van der Waals surface area (Å²) in [6.45, 7) is 3.26. The molecule has 9 heteroatoms. The highest BCUT2D eigenvalue weighted by Gasteiger charge is 2.13. The number of nitrogens with zero attached hydrogens (tertiary/aromatic N) is 3. The molecular weight excluding hydrogens is 378 g/mol. The van der Waals surface area contributed by atoms with Gasteiger partial charge in [0.25, 0.3) is 0 Å². The van der Waals surface area contributed by atoms with Crippen LogP contribution in [-0.2, 0) is 16.1 Å².